The van der Waals surface area contributed by atoms with Crippen molar-refractivity contribution in [3.63, 3.8) is 0 Å². The molecule has 1 atom stereocenters. The average molecular weight is 373 g/mol. The first-order valence-electron chi connectivity index (χ1n) is 7.89. The molecule has 1 amide bonds. The van der Waals surface area contributed by atoms with Gasteiger partial charge >= 0.3 is 0 Å². The van der Waals surface area contributed by atoms with E-state index in [-0.39, 0.29) is 12.7 Å². The van der Waals surface area contributed by atoms with Gasteiger partial charge < -0.3 is 23.6 Å². The molecule has 0 spiro atoms. The number of hydrogen-bond donors (Lipinski definition) is 1. The summed E-state index contributed by atoms with van der Waals surface area (Å²) in [6.07, 6.45) is 1.57. The lowest BCUT2D eigenvalue weighted by Crippen LogP contribution is -2.30. The van der Waals surface area contributed by atoms with Crippen molar-refractivity contribution >= 4 is 17.7 Å². The normalized spacial score (nSPS) is 13.6. The number of thioether (sulfide) groups is 1. The Hall–Kier alpha value is -2.94. The number of amides is 1. The molecule has 1 aliphatic heterocycles. The van der Waals surface area contributed by atoms with Crippen molar-refractivity contribution < 1.29 is 23.1 Å². The largest absolute Gasteiger partial charge is 0.467 e. The number of furan rings is 1. The van der Waals surface area contributed by atoms with Gasteiger partial charge in [0, 0.05) is 5.56 Å². The lowest BCUT2D eigenvalue weighted by atomic mass is 10.2. The molecule has 0 bridgehead atoms. The maximum absolute atomic E-state index is 12.2. The van der Waals surface area contributed by atoms with Crippen molar-refractivity contribution in [2.75, 3.05) is 6.79 Å². The van der Waals surface area contributed by atoms with Crippen LogP contribution in [0.2, 0.25) is 0 Å². The fourth-order valence-electron chi connectivity index (χ4n) is 2.34. The van der Waals surface area contributed by atoms with E-state index in [2.05, 4.69) is 15.5 Å². The molecule has 2 aromatic heterocycles. The van der Waals surface area contributed by atoms with E-state index in [1.165, 1.54) is 11.8 Å². The number of aromatic nitrogens is 2. The molecule has 1 aromatic carbocycles. The van der Waals surface area contributed by atoms with Gasteiger partial charge in [0.1, 0.15) is 5.76 Å². The van der Waals surface area contributed by atoms with E-state index in [0.717, 1.165) is 5.56 Å². The molecule has 1 aliphatic rings. The summed E-state index contributed by atoms with van der Waals surface area (Å²) >= 11 is 1.19. The second kappa shape index (κ2) is 7.12. The Kier molecular flexibility index (Phi) is 4.53. The predicted molar refractivity (Wildman–Crippen MR) is 91.7 cm³/mol. The van der Waals surface area contributed by atoms with Crippen LogP contribution in [0.15, 0.2) is 50.7 Å². The topological polar surface area (TPSA) is 99.6 Å². The molecule has 0 saturated carbocycles. The zero-order valence-corrected chi connectivity index (χ0v) is 14.6. The molecule has 3 heterocycles. The molecule has 134 valence electrons. The van der Waals surface area contributed by atoms with Crippen LogP contribution in [-0.2, 0) is 11.3 Å². The zero-order valence-electron chi connectivity index (χ0n) is 13.8. The summed E-state index contributed by atoms with van der Waals surface area (Å²) in [6.45, 7) is 2.31. The lowest BCUT2D eigenvalue weighted by molar-refractivity contribution is -0.120. The molecule has 0 radical (unpaired) electrons. The minimum atomic E-state index is -0.394. The van der Waals surface area contributed by atoms with Crippen LogP contribution < -0.4 is 14.8 Å². The summed E-state index contributed by atoms with van der Waals surface area (Å²) in [5.74, 6) is 2.23. The van der Waals surface area contributed by atoms with Gasteiger partial charge in [-0.25, -0.2) is 0 Å². The highest BCUT2D eigenvalue weighted by Gasteiger charge is 2.20. The minimum Gasteiger partial charge on any atom is -0.467 e. The van der Waals surface area contributed by atoms with Crippen molar-refractivity contribution in [2.24, 2.45) is 0 Å². The van der Waals surface area contributed by atoms with Gasteiger partial charge in [-0.05, 0) is 37.3 Å². The molecule has 9 heteroatoms. The van der Waals surface area contributed by atoms with Crippen LogP contribution in [0.4, 0.5) is 0 Å². The van der Waals surface area contributed by atoms with Crippen LogP contribution in [0, 0.1) is 0 Å². The molecule has 3 aromatic rings. The number of rotatable bonds is 6. The van der Waals surface area contributed by atoms with Crippen LogP contribution in [0.5, 0.6) is 11.5 Å². The summed E-state index contributed by atoms with van der Waals surface area (Å²) in [6, 6.07) is 8.96. The molecule has 0 aliphatic carbocycles. The average Bonchev–Trinajstić information content (AvgIpc) is 3.39. The number of ether oxygens (including phenoxy) is 2. The van der Waals surface area contributed by atoms with E-state index in [0.29, 0.717) is 34.9 Å². The summed E-state index contributed by atoms with van der Waals surface area (Å²) in [4.78, 5) is 12.2. The Morgan fingerprint density at radius 1 is 1.27 bits per heavy atom. The fraction of sp³-hybridized carbons (Fsp3) is 0.235. The SMILES string of the molecule is C[C@@H](Sc1nnc(-c2ccc3c(c2)OCO3)o1)C(=O)NCc1ccco1. The second-order valence-electron chi connectivity index (χ2n) is 5.50. The second-order valence-corrected chi connectivity index (χ2v) is 6.79. The lowest BCUT2D eigenvalue weighted by Gasteiger charge is -2.08. The maximum Gasteiger partial charge on any atom is 0.277 e. The maximum atomic E-state index is 12.2. The Bertz CT molecular complexity index is 909. The number of hydrogen-bond acceptors (Lipinski definition) is 8. The van der Waals surface area contributed by atoms with Gasteiger partial charge in [-0.2, -0.15) is 0 Å². The standard InChI is InChI=1S/C17H15N3O5S/c1-10(15(21)18-8-12-3-2-6-22-12)26-17-20-19-16(25-17)11-4-5-13-14(7-11)24-9-23-13/h2-7,10H,8-9H2,1H3,(H,18,21)/t10-/m1/s1. The van der Waals surface area contributed by atoms with Crippen molar-refractivity contribution in [3.8, 4) is 23.0 Å². The van der Waals surface area contributed by atoms with Gasteiger partial charge in [-0.1, -0.05) is 11.8 Å². The third-order valence-corrected chi connectivity index (χ3v) is 4.62. The summed E-state index contributed by atoms with van der Waals surface area (Å²) in [5.41, 5.74) is 0.725. The Morgan fingerprint density at radius 3 is 3.00 bits per heavy atom. The summed E-state index contributed by atoms with van der Waals surface area (Å²) in [7, 11) is 0. The van der Waals surface area contributed by atoms with Crippen molar-refractivity contribution in [3.05, 3.63) is 42.4 Å². The Morgan fingerprint density at radius 2 is 2.15 bits per heavy atom. The molecule has 0 unspecified atom stereocenters. The van der Waals surface area contributed by atoms with Crippen molar-refractivity contribution in [1.29, 1.82) is 0 Å². The van der Waals surface area contributed by atoms with Crippen LogP contribution in [-0.4, -0.2) is 28.1 Å². The molecular formula is C17H15N3O5S. The first-order chi connectivity index (χ1) is 12.7. The van der Waals surface area contributed by atoms with Gasteiger partial charge in [-0.15, -0.1) is 10.2 Å². The van der Waals surface area contributed by atoms with Crippen molar-refractivity contribution in [2.45, 2.75) is 23.9 Å². The zero-order chi connectivity index (χ0) is 17.9. The van der Waals surface area contributed by atoms with E-state index in [1.54, 1.807) is 37.5 Å². The Labute approximate surface area is 152 Å². The first-order valence-corrected chi connectivity index (χ1v) is 8.77. The van der Waals surface area contributed by atoms with Gasteiger partial charge in [0.05, 0.1) is 18.1 Å². The molecule has 26 heavy (non-hydrogen) atoms. The quantitative estimate of drug-likeness (QED) is 0.659. The highest BCUT2D eigenvalue weighted by Crippen LogP contribution is 2.36. The van der Waals surface area contributed by atoms with Gasteiger partial charge in [0.2, 0.25) is 18.6 Å². The summed E-state index contributed by atoms with van der Waals surface area (Å²) in [5, 5.41) is 10.7. The highest BCUT2D eigenvalue weighted by molar-refractivity contribution is 8.00. The number of benzene rings is 1. The Balaban J connectivity index is 1.37. The van der Waals surface area contributed by atoms with E-state index >= 15 is 0 Å². The summed E-state index contributed by atoms with van der Waals surface area (Å²) < 4.78 is 21.5. The molecule has 0 fully saturated rings. The minimum absolute atomic E-state index is 0.144. The predicted octanol–water partition coefficient (Wildman–Crippen LogP) is 2.86. The van der Waals surface area contributed by atoms with Gasteiger partial charge in [0.25, 0.3) is 5.22 Å². The van der Waals surface area contributed by atoms with Crippen LogP contribution >= 0.6 is 11.8 Å². The monoisotopic (exact) mass is 373 g/mol. The van der Waals surface area contributed by atoms with Gasteiger partial charge in [-0.3, -0.25) is 4.79 Å². The molecular weight excluding hydrogens is 358 g/mol. The third-order valence-electron chi connectivity index (χ3n) is 3.69. The van der Waals surface area contributed by atoms with Gasteiger partial charge in [0.15, 0.2) is 11.5 Å². The van der Waals surface area contributed by atoms with E-state index < -0.39 is 5.25 Å². The smallest absolute Gasteiger partial charge is 0.277 e. The van der Waals surface area contributed by atoms with Crippen molar-refractivity contribution in [1.82, 2.24) is 15.5 Å². The number of nitrogens with zero attached hydrogens (tertiary/aromatic N) is 2. The molecule has 8 nitrogen and oxygen atoms in total. The molecule has 4 rings (SSSR count). The highest BCUT2D eigenvalue weighted by atomic mass is 32.2. The van der Waals surface area contributed by atoms with E-state index in [9.17, 15) is 4.79 Å². The van der Waals surface area contributed by atoms with E-state index in [4.69, 9.17) is 18.3 Å². The third kappa shape index (κ3) is 3.52. The van der Waals surface area contributed by atoms with Crippen LogP contribution in [0.3, 0.4) is 0 Å². The first kappa shape index (κ1) is 16.5. The van der Waals surface area contributed by atoms with E-state index in [1.807, 2.05) is 6.07 Å². The fourth-order valence-corrected chi connectivity index (χ4v) is 3.05. The number of nitrogens with one attached hydrogen (secondary N) is 1. The number of carbonyl (C=O) groups is 1. The molecule has 1 N–H and O–H groups in total. The van der Waals surface area contributed by atoms with Crippen LogP contribution in [0.1, 0.15) is 12.7 Å². The number of fused-ring (bicyclic) bond motifs is 1. The number of carbonyl (C=O) groups excluding carboxylic acids is 1. The van der Waals surface area contributed by atoms with Crippen LogP contribution in [0.25, 0.3) is 11.5 Å². The molecule has 0 saturated heterocycles.